The normalized spacial score (nSPS) is 23.2. The molecular weight excluding hydrogens is 244 g/mol. The molecule has 5 heteroatoms. The van der Waals surface area contributed by atoms with Crippen molar-refractivity contribution in [3.05, 3.63) is 29.6 Å². The highest BCUT2D eigenvalue weighted by atomic mass is 16.4. The topological polar surface area (TPSA) is 70.5 Å². The fourth-order valence-electron chi connectivity index (χ4n) is 2.60. The van der Waals surface area contributed by atoms with E-state index in [0.717, 1.165) is 19.3 Å². The fourth-order valence-corrected chi connectivity index (χ4v) is 2.60. The van der Waals surface area contributed by atoms with Crippen molar-refractivity contribution in [3.8, 4) is 0 Å². The predicted molar refractivity (Wildman–Crippen MR) is 70.1 cm³/mol. The van der Waals surface area contributed by atoms with Crippen molar-refractivity contribution in [3.63, 3.8) is 0 Å². The van der Waals surface area contributed by atoms with Gasteiger partial charge in [0.15, 0.2) is 0 Å². The average molecular weight is 262 g/mol. The lowest BCUT2D eigenvalue weighted by Crippen LogP contribution is -2.47. The van der Waals surface area contributed by atoms with Gasteiger partial charge in [0.1, 0.15) is 5.69 Å². The maximum absolute atomic E-state index is 12.4. The van der Waals surface area contributed by atoms with Crippen LogP contribution in [0.1, 0.15) is 54.0 Å². The summed E-state index contributed by atoms with van der Waals surface area (Å²) in [6, 6.07) is 3.32. The molecule has 0 radical (unpaired) electrons. The Hall–Kier alpha value is -1.91. The molecule has 2 atom stereocenters. The first-order valence-electron chi connectivity index (χ1n) is 6.52. The Morgan fingerprint density at radius 1 is 1.26 bits per heavy atom. The van der Waals surface area contributed by atoms with Crippen LogP contribution in [0.25, 0.3) is 0 Å². The number of pyridine rings is 1. The van der Waals surface area contributed by atoms with Gasteiger partial charge >= 0.3 is 5.97 Å². The quantitative estimate of drug-likeness (QED) is 0.886. The van der Waals surface area contributed by atoms with Gasteiger partial charge in [0.05, 0.1) is 5.56 Å². The van der Waals surface area contributed by atoms with Crippen molar-refractivity contribution in [1.29, 1.82) is 0 Å². The summed E-state index contributed by atoms with van der Waals surface area (Å²) in [5.41, 5.74) is 0.405. The van der Waals surface area contributed by atoms with Crippen molar-refractivity contribution in [2.45, 2.75) is 45.2 Å². The minimum Gasteiger partial charge on any atom is -0.478 e. The molecule has 0 bridgehead atoms. The van der Waals surface area contributed by atoms with E-state index in [9.17, 15) is 9.59 Å². The van der Waals surface area contributed by atoms with Crippen LogP contribution in [0.15, 0.2) is 18.3 Å². The summed E-state index contributed by atoms with van der Waals surface area (Å²) < 4.78 is 0. The maximum Gasteiger partial charge on any atom is 0.337 e. The standard InChI is InChI=1S/C14H18N2O3/c1-9-4-3-5-10(2)16(9)13(17)12-7-6-11(8-15-12)14(18)19/h6-10H,3-5H2,1-2H3,(H,18,19)/t9-,10+. The molecule has 1 aliphatic rings. The smallest absolute Gasteiger partial charge is 0.337 e. The molecule has 19 heavy (non-hydrogen) atoms. The van der Waals surface area contributed by atoms with E-state index < -0.39 is 5.97 Å². The van der Waals surface area contributed by atoms with Gasteiger partial charge in [0, 0.05) is 18.3 Å². The Labute approximate surface area is 112 Å². The van der Waals surface area contributed by atoms with Gasteiger partial charge in [-0.15, -0.1) is 0 Å². The number of carboxylic acid groups (broad SMARTS) is 1. The lowest BCUT2D eigenvalue weighted by atomic mass is 9.97. The van der Waals surface area contributed by atoms with E-state index in [2.05, 4.69) is 4.98 Å². The first-order valence-corrected chi connectivity index (χ1v) is 6.52. The molecule has 0 aromatic carbocycles. The number of hydrogen-bond donors (Lipinski definition) is 1. The molecule has 0 unspecified atom stereocenters. The predicted octanol–water partition coefficient (Wildman–Crippen LogP) is 2.18. The molecule has 1 saturated heterocycles. The van der Waals surface area contributed by atoms with Crippen LogP contribution in [0.3, 0.4) is 0 Å². The van der Waals surface area contributed by atoms with Crippen molar-refractivity contribution in [2.75, 3.05) is 0 Å². The minimum atomic E-state index is -1.04. The zero-order chi connectivity index (χ0) is 14.0. The molecule has 2 rings (SSSR count). The highest BCUT2D eigenvalue weighted by molar-refractivity contribution is 5.94. The van der Waals surface area contributed by atoms with Crippen molar-refractivity contribution >= 4 is 11.9 Å². The third-order valence-corrected chi connectivity index (χ3v) is 3.66. The number of carbonyl (C=O) groups excluding carboxylic acids is 1. The molecule has 1 amide bonds. The number of aromatic nitrogens is 1. The van der Waals surface area contributed by atoms with E-state index in [1.54, 1.807) is 0 Å². The van der Waals surface area contributed by atoms with Crippen LogP contribution in [0.2, 0.25) is 0 Å². The molecule has 0 aliphatic carbocycles. The van der Waals surface area contributed by atoms with E-state index >= 15 is 0 Å². The molecule has 2 heterocycles. The lowest BCUT2D eigenvalue weighted by molar-refractivity contribution is 0.0503. The van der Waals surface area contributed by atoms with E-state index in [1.807, 2.05) is 18.7 Å². The molecule has 1 aromatic rings. The van der Waals surface area contributed by atoms with Gasteiger partial charge in [-0.05, 0) is 45.2 Å². The monoisotopic (exact) mass is 262 g/mol. The third kappa shape index (κ3) is 2.75. The lowest BCUT2D eigenvalue weighted by Gasteiger charge is -2.38. The molecule has 0 spiro atoms. The number of likely N-dealkylation sites (tertiary alicyclic amines) is 1. The maximum atomic E-state index is 12.4. The number of carbonyl (C=O) groups is 2. The molecule has 0 saturated carbocycles. The van der Waals surface area contributed by atoms with E-state index in [4.69, 9.17) is 5.11 Å². The fraction of sp³-hybridized carbons (Fsp3) is 0.500. The summed E-state index contributed by atoms with van der Waals surface area (Å²) in [7, 11) is 0. The van der Waals surface area contributed by atoms with Gasteiger partial charge in [0.25, 0.3) is 5.91 Å². The minimum absolute atomic E-state index is 0.0938. The summed E-state index contributed by atoms with van der Waals surface area (Å²) in [6.45, 7) is 4.08. The number of hydrogen-bond acceptors (Lipinski definition) is 3. The number of aromatic carboxylic acids is 1. The van der Waals surface area contributed by atoms with Crippen LogP contribution in [0.5, 0.6) is 0 Å². The SMILES string of the molecule is C[C@@H]1CCC[C@H](C)N1C(=O)c1ccc(C(=O)O)cn1. The second-order valence-electron chi connectivity index (χ2n) is 5.08. The first kappa shape index (κ1) is 13.5. The summed E-state index contributed by atoms with van der Waals surface area (Å²) in [6.07, 6.45) is 4.37. The van der Waals surface area contributed by atoms with Gasteiger partial charge in [-0.2, -0.15) is 0 Å². The van der Waals surface area contributed by atoms with Gasteiger partial charge in [-0.25, -0.2) is 4.79 Å². The van der Waals surface area contributed by atoms with Crippen LogP contribution in [-0.2, 0) is 0 Å². The zero-order valence-corrected chi connectivity index (χ0v) is 11.2. The first-order chi connectivity index (χ1) is 9.00. The van der Waals surface area contributed by atoms with Crippen molar-refractivity contribution in [2.24, 2.45) is 0 Å². The average Bonchev–Trinajstić information content (AvgIpc) is 2.38. The molecule has 5 nitrogen and oxygen atoms in total. The molecular formula is C14H18N2O3. The summed E-state index contributed by atoms with van der Waals surface area (Å²) in [4.78, 5) is 29.0. The van der Waals surface area contributed by atoms with Gasteiger partial charge in [-0.1, -0.05) is 0 Å². The number of rotatable bonds is 2. The van der Waals surface area contributed by atoms with Gasteiger partial charge in [-0.3, -0.25) is 9.78 Å². The largest absolute Gasteiger partial charge is 0.478 e. The molecule has 1 aromatic heterocycles. The van der Waals surface area contributed by atoms with Crippen LogP contribution in [0.4, 0.5) is 0 Å². The van der Waals surface area contributed by atoms with Crippen molar-refractivity contribution in [1.82, 2.24) is 9.88 Å². The molecule has 1 aliphatic heterocycles. The Balaban J connectivity index is 2.20. The van der Waals surface area contributed by atoms with E-state index in [-0.39, 0.29) is 23.6 Å². The number of piperidine rings is 1. The zero-order valence-electron chi connectivity index (χ0n) is 11.2. The Bertz CT molecular complexity index is 474. The van der Waals surface area contributed by atoms with Gasteiger partial charge < -0.3 is 10.0 Å². The summed E-state index contributed by atoms with van der Waals surface area (Å²) in [5, 5.41) is 8.81. The van der Waals surface area contributed by atoms with Crippen LogP contribution < -0.4 is 0 Å². The second-order valence-corrected chi connectivity index (χ2v) is 5.08. The Morgan fingerprint density at radius 3 is 2.37 bits per heavy atom. The molecule has 1 N–H and O–H groups in total. The molecule has 1 fully saturated rings. The highest BCUT2D eigenvalue weighted by Crippen LogP contribution is 2.24. The number of amides is 1. The Morgan fingerprint density at radius 2 is 1.89 bits per heavy atom. The highest BCUT2D eigenvalue weighted by Gasteiger charge is 2.30. The van der Waals surface area contributed by atoms with Crippen LogP contribution >= 0.6 is 0 Å². The van der Waals surface area contributed by atoms with E-state index in [0.29, 0.717) is 5.69 Å². The third-order valence-electron chi connectivity index (χ3n) is 3.66. The second kappa shape index (κ2) is 5.38. The van der Waals surface area contributed by atoms with Crippen molar-refractivity contribution < 1.29 is 14.7 Å². The van der Waals surface area contributed by atoms with Crippen LogP contribution in [-0.4, -0.2) is 39.0 Å². The summed E-state index contributed by atoms with van der Waals surface area (Å²) in [5.74, 6) is -1.15. The van der Waals surface area contributed by atoms with E-state index in [1.165, 1.54) is 18.3 Å². The number of nitrogens with zero attached hydrogens (tertiary/aromatic N) is 2. The summed E-state index contributed by atoms with van der Waals surface area (Å²) >= 11 is 0. The molecule has 102 valence electrons. The van der Waals surface area contributed by atoms with Crippen LogP contribution in [0, 0.1) is 0 Å². The Kier molecular flexibility index (Phi) is 3.83. The number of carboxylic acids is 1. The van der Waals surface area contributed by atoms with Gasteiger partial charge in [0.2, 0.25) is 0 Å².